The number of amides is 2. The third-order valence-electron chi connectivity index (χ3n) is 3.04. The summed E-state index contributed by atoms with van der Waals surface area (Å²) in [6, 6.07) is 5.50. The molecule has 2 amide bonds. The highest BCUT2D eigenvalue weighted by molar-refractivity contribution is 5.97. The van der Waals surface area contributed by atoms with Crippen LogP contribution in [0.4, 0.5) is 5.69 Å². The lowest BCUT2D eigenvalue weighted by molar-refractivity contribution is -0.120. The van der Waals surface area contributed by atoms with Crippen molar-refractivity contribution in [2.45, 2.75) is 33.6 Å². The lowest BCUT2D eigenvalue weighted by Crippen LogP contribution is -2.37. The maximum Gasteiger partial charge on any atom is 0.251 e. The number of rotatable bonds is 8. The zero-order valence-corrected chi connectivity index (χ0v) is 13.1. The van der Waals surface area contributed by atoms with Gasteiger partial charge in [0, 0.05) is 24.3 Å². The van der Waals surface area contributed by atoms with Gasteiger partial charge in [0.1, 0.15) is 0 Å². The highest BCUT2D eigenvalue weighted by Gasteiger charge is 2.09. The van der Waals surface area contributed by atoms with Crippen LogP contribution in [0.2, 0.25) is 0 Å². The highest BCUT2D eigenvalue weighted by atomic mass is 16.2. The lowest BCUT2D eigenvalue weighted by atomic mass is 10.1. The smallest absolute Gasteiger partial charge is 0.251 e. The molecule has 0 aliphatic rings. The van der Waals surface area contributed by atoms with Crippen LogP contribution in [0.15, 0.2) is 18.2 Å². The second kappa shape index (κ2) is 9.00. The van der Waals surface area contributed by atoms with Crippen LogP contribution in [0, 0.1) is 6.92 Å². The molecule has 0 aromatic heterocycles. The molecule has 0 saturated carbocycles. The van der Waals surface area contributed by atoms with Gasteiger partial charge in [0.25, 0.3) is 5.91 Å². The van der Waals surface area contributed by atoms with Gasteiger partial charge in [-0.15, -0.1) is 0 Å². The molecule has 0 atom stereocenters. The molecule has 1 aromatic carbocycles. The molecule has 0 unspecified atom stereocenters. The number of nitrogens with one attached hydrogen (secondary N) is 3. The van der Waals surface area contributed by atoms with E-state index in [0.717, 1.165) is 30.6 Å². The molecule has 0 heterocycles. The van der Waals surface area contributed by atoms with Crippen molar-refractivity contribution in [2.24, 2.45) is 0 Å². The summed E-state index contributed by atoms with van der Waals surface area (Å²) in [5.41, 5.74) is 2.62. The second-order valence-electron chi connectivity index (χ2n) is 4.99. The number of hydrogen-bond acceptors (Lipinski definition) is 3. The van der Waals surface area contributed by atoms with Gasteiger partial charge in [-0.25, -0.2) is 0 Å². The van der Waals surface area contributed by atoms with Gasteiger partial charge in [-0.3, -0.25) is 9.59 Å². The Balaban J connectivity index is 2.54. The largest absolute Gasteiger partial charge is 0.385 e. The van der Waals surface area contributed by atoms with E-state index in [2.05, 4.69) is 22.9 Å². The van der Waals surface area contributed by atoms with Crippen molar-refractivity contribution in [2.75, 3.05) is 25.0 Å². The summed E-state index contributed by atoms with van der Waals surface area (Å²) in [5.74, 6) is -0.394. The monoisotopic (exact) mass is 291 g/mol. The molecule has 3 N–H and O–H groups in total. The minimum atomic E-state index is -0.230. The fourth-order valence-electron chi connectivity index (χ4n) is 1.85. The molecule has 1 aromatic rings. The number of hydrogen-bond donors (Lipinski definition) is 3. The van der Waals surface area contributed by atoms with Crippen LogP contribution in [0.25, 0.3) is 0 Å². The van der Waals surface area contributed by atoms with E-state index in [1.807, 2.05) is 26.0 Å². The normalized spacial score (nSPS) is 10.0. The maximum absolute atomic E-state index is 12.0. The average Bonchev–Trinajstić information content (AvgIpc) is 2.49. The number of benzene rings is 1. The van der Waals surface area contributed by atoms with Crippen LogP contribution in [-0.4, -0.2) is 31.4 Å². The Hall–Kier alpha value is -2.04. The fraction of sp³-hybridized carbons (Fsp3) is 0.500. The molecule has 0 fully saturated rings. The van der Waals surface area contributed by atoms with Crippen LogP contribution in [0.1, 0.15) is 42.6 Å². The molecule has 0 bridgehead atoms. The minimum Gasteiger partial charge on any atom is -0.385 e. The van der Waals surface area contributed by atoms with Crippen LogP contribution < -0.4 is 16.0 Å². The SMILES string of the molecule is CCCNC(=O)CNC(=O)c1ccc(NCCC)c(C)c1. The summed E-state index contributed by atoms with van der Waals surface area (Å²) in [6.45, 7) is 7.59. The van der Waals surface area contributed by atoms with E-state index < -0.39 is 0 Å². The van der Waals surface area contributed by atoms with E-state index in [9.17, 15) is 9.59 Å². The third kappa shape index (κ3) is 5.85. The second-order valence-corrected chi connectivity index (χ2v) is 4.99. The highest BCUT2D eigenvalue weighted by Crippen LogP contribution is 2.16. The van der Waals surface area contributed by atoms with E-state index in [1.54, 1.807) is 6.07 Å². The topological polar surface area (TPSA) is 70.2 Å². The van der Waals surface area contributed by atoms with E-state index >= 15 is 0 Å². The van der Waals surface area contributed by atoms with Gasteiger partial charge in [-0.05, 0) is 43.5 Å². The average molecular weight is 291 g/mol. The molecule has 116 valence electrons. The molecule has 21 heavy (non-hydrogen) atoms. The van der Waals surface area contributed by atoms with Crippen LogP contribution >= 0.6 is 0 Å². The van der Waals surface area contributed by atoms with Crippen molar-refractivity contribution in [3.8, 4) is 0 Å². The van der Waals surface area contributed by atoms with Gasteiger partial charge in [-0.1, -0.05) is 13.8 Å². The molecule has 1 rings (SSSR count). The summed E-state index contributed by atoms with van der Waals surface area (Å²) >= 11 is 0. The number of anilines is 1. The summed E-state index contributed by atoms with van der Waals surface area (Å²) < 4.78 is 0. The minimum absolute atomic E-state index is 0.00766. The fourth-order valence-corrected chi connectivity index (χ4v) is 1.85. The number of carbonyl (C=O) groups is 2. The number of aryl methyl sites for hydroxylation is 1. The van der Waals surface area contributed by atoms with Crippen LogP contribution in [0.5, 0.6) is 0 Å². The predicted molar refractivity (Wildman–Crippen MR) is 85.6 cm³/mol. The molecule has 0 aliphatic carbocycles. The van der Waals surface area contributed by atoms with Gasteiger partial charge in [0.2, 0.25) is 5.91 Å². The zero-order chi connectivity index (χ0) is 15.7. The van der Waals surface area contributed by atoms with Crippen molar-refractivity contribution in [3.63, 3.8) is 0 Å². The zero-order valence-electron chi connectivity index (χ0n) is 13.1. The number of carbonyl (C=O) groups excluding carboxylic acids is 2. The van der Waals surface area contributed by atoms with Gasteiger partial charge >= 0.3 is 0 Å². The Bertz CT molecular complexity index is 486. The predicted octanol–water partition coefficient (Wildman–Crippen LogP) is 2.07. The van der Waals surface area contributed by atoms with Crippen molar-refractivity contribution in [3.05, 3.63) is 29.3 Å². The van der Waals surface area contributed by atoms with E-state index in [4.69, 9.17) is 0 Å². The van der Waals surface area contributed by atoms with Gasteiger partial charge in [0.05, 0.1) is 6.54 Å². The van der Waals surface area contributed by atoms with Gasteiger partial charge in [-0.2, -0.15) is 0 Å². The first-order chi connectivity index (χ1) is 10.1. The van der Waals surface area contributed by atoms with Crippen molar-refractivity contribution in [1.29, 1.82) is 0 Å². The standard InChI is InChI=1S/C16H25N3O2/c1-4-8-17-14-7-6-13(10-12(14)3)16(21)19-11-15(20)18-9-5-2/h6-7,10,17H,4-5,8-9,11H2,1-3H3,(H,18,20)(H,19,21). The van der Waals surface area contributed by atoms with Crippen LogP contribution in [0.3, 0.4) is 0 Å². The van der Waals surface area contributed by atoms with Crippen molar-refractivity contribution < 1.29 is 9.59 Å². The first-order valence-corrected chi connectivity index (χ1v) is 7.47. The van der Waals surface area contributed by atoms with Gasteiger partial charge in [0.15, 0.2) is 0 Å². The molecule has 0 aliphatic heterocycles. The van der Waals surface area contributed by atoms with E-state index in [1.165, 1.54) is 0 Å². The Morgan fingerprint density at radius 2 is 1.76 bits per heavy atom. The van der Waals surface area contributed by atoms with Gasteiger partial charge < -0.3 is 16.0 Å². The molecule has 0 spiro atoms. The van der Waals surface area contributed by atoms with E-state index in [-0.39, 0.29) is 18.4 Å². The molecule has 5 heteroatoms. The maximum atomic E-state index is 12.0. The summed E-state index contributed by atoms with van der Waals surface area (Å²) in [6.07, 6.45) is 1.93. The Morgan fingerprint density at radius 3 is 2.38 bits per heavy atom. The summed E-state index contributed by atoms with van der Waals surface area (Å²) in [4.78, 5) is 23.4. The lowest BCUT2D eigenvalue weighted by Gasteiger charge is -2.11. The molecular weight excluding hydrogens is 266 g/mol. The Morgan fingerprint density at radius 1 is 1.05 bits per heavy atom. The summed E-state index contributed by atoms with van der Waals surface area (Å²) in [7, 11) is 0. The molecule has 5 nitrogen and oxygen atoms in total. The quantitative estimate of drug-likeness (QED) is 0.687. The first-order valence-electron chi connectivity index (χ1n) is 7.47. The van der Waals surface area contributed by atoms with E-state index in [0.29, 0.717) is 12.1 Å². The molecule has 0 radical (unpaired) electrons. The third-order valence-corrected chi connectivity index (χ3v) is 3.04. The molecular formula is C16H25N3O2. The first kappa shape index (κ1) is 17.0. The molecule has 0 saturated heterocycles. The van der Waals surface area contributed by atoms with Crippen molar-refractivity contribution >= 4 is 17.5 Å². The Labute approximate surface area is 126 Å². The summed E-state index contributed by atoms with van der Waals surface area (Å²) in [5, 5.41) is 8.65. The Kier molecular flexibility index (Phi) is 7.29. The van der Waals surface area contributed by atoms with Crippen molar-refractivity contribution in [1.82, 2.24) is 10.6 Å². The van der Waals surface area contributed by atoms with Crippen LogP contribution in [-0.2, 0) is 4.79 Å².